The van der Waals surface area contributed by atoms with Crippen LogP contribution in [0.1, 0.15) is 5.56 Å². The number of nitrogens with two attached hydrogens (primary N) is 1. The van der Waals surface area contributed by atoms with Crippen molar-refractivity contribution in [3.05, 3.63) is 78.4 Å². The SMILES string of the molecule is CS(=O)(=O)c1ccccc1-c1cccc(-c2cc3cccc(C(F)(F)F)c3nc2N)c1. The third-order valence-electron chi connectivity index (χ3n) is 4.95. The number of hydrogen-bond donors (Lipinski definition) is 1. The van der Waals surface area contributed by atoms with Crippen molar-refractivity contribution in [2.24, 2.45) is 0 Å². The molecular formula is C23H17F3N2O2S. The van der Waals surface area contributed by atoms with Gasteiger partial charge in [0, 0.05) is 22.8 Å². The van der Waals surface area contributed by atoms with Gasteiger partial charge >= 0.3 is 6.18 Å². The summed E-state index contributed by atoms with van der Waals surface area (Å²) < 4.78 is 64.3. The van der Waals surface area contributed by atoms with Gasteiger partial charge in [-0.05, 0) is 35.4 Å². The topological polar surface area (TPSA) is 73.0 Å². The van der Waals surface area contributed by atoms with Crippen LogP contribution in [0.25, 0.3) is 33.2 Å². The second-order valence-electron chi connectivity index (χ2n) is 7.15. The van der Waals surface area contributed by atoms with Crippen molar-refractivity contribution < 1.29 is 21.6 Å². The number of anilines is 1. The number of sulfone groups is 1. The molecule has 0 atom stereocenters. The van der Waals surface area contributed by atoms with Gasteiger partial charge in [0.1, 0.15) is 5.82 Å². The normalized spacial score (nSPS) is 12.3. The molecule has 4 rings (SSSR count). The molecule has 0 unspecified atom stereocenters. The van der Waals surface area contributed by atoms with E-state index in [9.17, 15) is 21.6 Å². The zero-order valence-electron chi connectivity index (χ0n) is 16.3. The third kappa shape index (κ3) is 3.98. The fourth-order valence-electron chi connectivity index (χ4n) is 3.56. The molecule has 2 N–H and O–H groups in total. The number of halogens is 3. The minimum atomic E-state index is -4.55. The molecule has 0 radical (unpaired) electrons. The predicted molar refractivity (Wildman–Crippen MR) is 115 cm³/mol. The Bertz CT molecular complexity index is 1410. The number of rotatable bonds is 3. The van der Waals surface area contributed by atoms with Gasteiger partial charge in [-0.15, -0.1) is 0 Å². The molecule has 0 aliphatic heterocycles. The first-order chi connectivity index (χ1) is 14.6. The largest absolute Gasteiger partial charge is 0.418 e. The first-order valence-corrected chi connectivity index (χ1v) is 11.1. The molecule has 3 aromatic carbocycles. The van der Waals surface area contributed by atoms with Crippen LogP contribution in [0.2, 0.25) is 0 Å². The molecule has 1 heterocycles. The van der Waals surface area contributed by atoms with Crippen molar-refractivity contribution in [2.75, 3.05) is 12.0 Å². The van der Waals surface area contributed by atoms with Crippen LogP contribution in [0.15, 0.2) is 77.7 Å². The molecule has 0 saturated carbocycles. The van der Waals surface area contributed by atoms with Gasteiger partial charge in [0.25, 0.3) is 0 Å². The highest BCUT2D eigenvalue weighted by Gasteiger charge is 2.33. The lowest BCUT2D eigenvalue weighted by Gasteiger charge is -2.14. The summed E-state index contributed by atoms with van der Waals surface area (Å²) in [6.07, 6.45) is -3.41. The fourth-order valence-corrected chi connectivity index (χ4v) is 4.47. The first kappa shape index (κ1) is 20.9. The van der Waals surface area contributed by atoms with Crippen LogP contribution in [0.3, 0.4) is 0 Å². The molecule has 0 bridgehead atoms. The number of benzene rings is 3. The van der Waals surface area contributed by atoms with Crippen LogP contribution in [0, 0.1) is 0 Å². The van der Waals surface area contributed by atoms with Gasteiger partial charge in [-0.1, -0.05) is 48.5 Å². The van der Waals surface area contributed by atoms with Gasteiger partial charge in [-0.2, -0.15) is 13.2 Å². The summed E-state index contributed by atoms with van der Waals surface area (Å²) in [4.78, 5) is 4.23. The zero-order valence-corrected chi connectivity index (χ0v) is 17.1. The first-order valence-electron chi connectivity index (χ1n) is 9.22. The number of nitrogens with zero attached hydrogens (tertiary/aromatic N) is 1. The maximum Gasteiger partial charge on any atom is 0.418 e. The smallest absolute Gasteiger partial charge is 0.383 e. The number of alkyl halides is 3. The van der Waals surface area contributed by atoms with E-state index in [0.717, 1.165) is 12.3 Å². The van der Waals surface area contributed by atoms with Gasteiger partial charge < -0.3 is 5.73 Å². The molecule has 0 spiro atoms. The van der Waals surface area contributed by atoms with Crippen molar-refractivity contribution in [1.82, 2.24) is 4.98 Å². The van der Waals surface area contributed by atoms with E-state index in [1.165, 1.54) is 12.1 Å². The third-order valence-corrected chi connectivity index (χ3v) is 6.11. The van der Waals surface area contributed by atoms with Crippen molar-refractivity contribution >= 4 is 26.6 Å². The predicted octanol–water partition coefficient (Wildman–Crippen LogP) is 5.57. The second-order valence-corrected chi connectivity index (χ2v) is 9.13. The van der Waals surface area contributed by atoms with E-state index in [-0.39, 0.29) is 16.2 Å². The highest BCUT2D eigenvalue weighted by Crippen LogP contribution is 2.37. The molecule has 8 heteroatoms. The standard InChI is InChI=1S/C23H17F3N2O2S/c1-31(29,30)20-11-3-2-9-17(20)14-6-4-7-15(12-14)18-13-16-8-5-10-19(23(24,25)26)21(16)28-22(18)27/h2-13H,1H3,(H2,27,28). The van der Waals surface area contributed by atoms with E-state index in [0.29, 0.717) is 27.6 Å². The van der Waals surface area contributed by atoms with Gasteiger partial charge in [0.2, 0.25) is 0 Å². The average molecular weight is 442 g/mol. The average Bonchev–Trinajstić information content (AvgIpc) is 2.71. The van der Waals surface area contributed by atoms with E-state index in [4.69, 9.17) is 5.73 Å². The summed E-state index contributed by atoms with van der Waals surface area (Å²) in [6.45, 7) is 0. The van der Waals surface area contributed by atoms with Gasteiger partial charge in [0.05, 0.1) is 16.0 Å². The number of pyridine rings is 1. The van der Waals surface area contributed by atoms with Crippen LogP contribution >= 0.6 is 0 Å². The summed E-state index contributed by atoms with van der Waals surface area (Å²) in [5.41, 5.74) is 7.23. The van der Waals surface area contributed by atoms with Crippen molar-refractivity contribution in [2.45, 2.75) is 11.1 Å². The minimum Gasteiger partial charge on any atom is -0.383 e. The summed E-state index contributed by atoms with van der Waals surface area (Å²) >= 11 is 0. The summed E-state index contributed by atoms with van der Waals surface area (Å²) in [6, 6.07) is 19.0. The molecule has 0 fully saturated rings. The molecule has 0 aliphatic rings. The number of para-hydroxylation sites is 1. The number of fused-ring (bicyclic) bond motifs is 1. The molecule has 0 aliphatic carbocycles. The highest BCUT2D eigenvalue weighted by molar-refractivity contribution is 7.90. The second kappa shape index (κ2) is 7.39. The molecule has 4 aromatic rings. The van der Waals surface area contributed by atoms with Crippen LogP contribution in [0.4, 0.5) is 19.0 Å². The Labute approximate surface area is 177 Å². The lowest BCUT2D eigenvalue weighted by molar-refractivity contribution is -0.136. The van der Waals surface area contributed by atoms with E-state index in [1.807, 2.05) is 0 Å². The van der Waals surface area contributed by atoms with Crippen molar-refractivity contribution in [3.8, 4) is 22.3 Å². The maximum atomic E-state index is 13.3. The minimum absolute atomic E-state index is 0.0438. The maximum absolute atomic E-state index is 13.3. The van der Waals surface area contributed by atoms with E-state index < -0.39 is 21.6 Å². The zero-order chi connectivity index (χ0) is 22.4. The van der Waals surface area contributed by atoms with Crippen molar-refractivity contribution in [3.63, 3.8) is 0 Å². The fraction of sp³-hybridized carbons (Fsp3) is 0.0870. The molecule has 0 amide bonds. The molecule has 1 aromatic heterocycles. The molecule has 158 valence electrons. The lowest BCUT2D eigenvalue weighted by atomic mass is 9.98. The Hall–Kier alpha value is -3.39. The quantitative estimate of drug-likeness (QED) is 0.450. The van der Waals surface area contributed by atoms with E-state index >= 15 is 0 Å². The molecule has 31 heavy (non-hydrogen) atoms. The Morgan fingerprint density at radius 1 is 0.839 bits per heavy atom. The number of nitrogen functional groups attached to an aromatic ring is 1. The Morgan fingerprint density at radius 3 is 2.16 bits per heavy atom. The molecule has 0 saturated heterocycles. The highest BCUT2D eigenvalue weighted by atomic mass is 32.2. The van der Waals surface area contributed by atoms with Crippen LogP contribution in [-0.4, -0.2) is 19.7 Å². The van der Waals surface area contributed by atoms with Crippen LogP contribution < -0.4 is 5.73 Å². The van der Waals surface area contributed by atoms with Gasteiger partial charge in [0.15, 0.2) is 9.84 Å². The lowest BCUT2D eigenvalue weighted by Crippen LogP contribution is -2.07. The Kier molecular flexibility index (Phi) is 4.97. The monoisotopic (exact) mass is 442 g/mol. The van der Waals surface area contributed by atoms with Crippen LogP contribution in [-0.2, 0) is 16.0 Å². The summed E-state index contributed by atoms with van der Waals surface area (Å²) in [5.74, 6) is -0.0438. The van der Waals surface area contributed by atoms with Gasteiger partial charge in [-0.3, -0.25) is 0 Å². The van der Waals surface area contributed by atoms with Crippen LogP contribution in [0.5, 0.6) is 0 Å². The summed E-state index contributed by atoms with van der Waals surface area (Å²) in [7, 11) is -3.46. The number of aromatic nitrogens is 1. The Balaban J connectivity index is 1.89. The van der Waals surface area contributed by atoms with E-state index in [2.05, 4.69) is 4.98 Å². The molecular weight excluding hydrogens is 425 g/mol. The van der Waals surface area contributed by atoms with Gasteiger partial charge in [-0.25, -0.2) is 13.4 Å². The van der Waals surface area contributed by atoms with E-state index in [1.54, 1.807) is 54.6 Å². The summed E-state index contributed by atoms with van der Waals surface area (Å²) in [5, 5.41) is 0.306. The number of hydrogen-bond acceptors (Lipinski definition) is 4. The Morgan fingerprint density at radius 2 is 1.48 bits per heavy atom. The molecule has 4 nitrogen and oxygen atoms in total. The van der Waals surface area contributed by atoms with Crippen molar-refractivity contribution in [1.29, 1.82) is 0 Å².